The van der Waals surface area contributed by atoms with Crippen molar-refractivity contribution < 1.29 is 19.1 Å². The molecule has 2 unspecified atom stereocenters. The summed E-state index contributed by atoms with van der Waals surface area (Å²) in [5.41, 5.74) is 6.40. The molecule has 2 rings (SSSR count). The monoisotopic (exact) mass is 292 g/mol. The Morgan fingerprint density at radius 3 is 2.76 bits per heavy atom. The molecule has 1 aliphatic heterocycles. The SMILES string of the molecule is COCC(N)C1=NOC(Cc2ccccc2)(C(=O)OC)C1. The molecule has 2 atom stereocenters. The highest BCUT2D eigenvalue weighted by molar-refractivity contribution is 5.96. The first kappa shape index (κ1) is 15.5. The van der Waals surface area contributed by atoms with E-state index < -0.39 is 17.6 Å². The van der Waals surface area contributed by atoms with E-state index in [9.17, 15) is 4.79 Å². The normalized spacial score (nSPS) is 22.3. The largest absolute Gasteiger partial charge is 0.466 e. The van der Waals surface area contributed by atoms with Crippen LogP contribution in [0, 0.1) is 0 Å². The maximum absolute atomic E-state index is 12.2. The number of nitrogens with zero attached hydrogens (tertiary/aromatic N) is 1. The molecule has 1 aromatic carbocycles. The number of ether oxygens (including phenoxy) is 2. The molecule has 0 aliphatic carbocycles. The number of oxime groups is 1. The Balaban J connectivity index is 2.16. The molecule has 6 nitrogen and oxygen atoms in total. The van der Waals surface area contributed by atoms with E-state index in [1.807, 2.05) is 30.3 Å². The van der Waals surface area contributed by atoms with Crippen molar-refractivity contribution in [2.45, 2.75) is 24.5 Å². The number of nitrogens with two attached hydrogens (primary N) is 1. The van der Waals surface area contributed by atoms with Crippen LogP contribution in [-0.4, -0.2) is 44.2 Å². The molecule has 6 heteroatoms. The first-order valence-electron chi connectivity index (χ1n) is 6.73. The fourth-order valence-corrected chi connectivity index (χ4v) is 2.37. The van der Waals surface area contributed by atoms with Crippen molar-refractivity contribution >= 4 is 11.7 Å². The van der Waals surface area contributed by atoms with Gasteiger partial charge >= 0.3 is 5.97 Å². The molecule has 0 spiro atoms. The van der Waals surface area contributed by atoms with Gasteiger partial charge in [0.05, 0.1) is 25.5 Å². The van der Waals surface area contributed by atoms with Crippen molar-refractivity contribution in [3.8, 4) is 0 Å². The predicted octanol–water partition coefficient (Wildman–Crippen LogP) is 0.891. The van der Waals surface area contributed by atoms with E-state index in [0.717, 1.165) is 5.56 Å². The molecule has 0 bridgehead atoms. The fraction of sp³-hybridized carbons (Fsp3) is 0.467. The molecule has 1 aromatic rings. The smallest absolute Gasteiger partial charge is 0.353 e. The van der Waals surface area contributed by atoms with Crippen molar-refractivity contribution in [2.24, 2.45) is 10.9 Å². The van der Waals surface area contributed by atoms with E-state index in [-0.39, 0.29) is 0 Å². The number of methoxy groups -OCH3 is 2. The van der Waals surface area contributed by atoms with Gasteiger partial charge in [0.25, 0.3) is 0 Å². The molecule has 1 aliphatic rings. The number of esters is 1. The Hall–Kier alpha value is -1.92. The van der Waals surface area contributed by atoms with Gasteiger partial charge in [-0.3, -0.25) is 0 Å². The highest BCUT2D eigenvalue weighted by Crippen LogP contribution is 2.30. The minimum absolute atomic E-state index is 0.305. The maximum Gasteiger partial charge on any atom is 0.353 e. The molecule has 114 valence electrons. The van der Waals surface area contributed by atoms with Crippen molar-refractivity contribution in [3.63, 3.8) is 0 Å². The average molecular weight is 292 g/mol. The second kappa shape index (κ2) is 6.69. The summed E-state index contributed by atoms with van der Waals surface area (Å²) in [7, 11) is 2.90. The quantitative estimate of drug-likeness (QED) is 0.787. The molecule has 0 saturated heterocycles. The summed E-state index contributed by atoms with van der Waals surface area (Å²) in [6.45, 7) is 0.324. The number of carbonyl (C=O) groups is 1. The van der Waals surface area contributed by atoms with Crippen LogP contribution in [-0.2, 0) is 25.5 Å². The average Bonchev–Trinajstić information content (AvgIpc) is 2.93. The van der Waals surface area contributed by atoms with Crippen LogP contribution in [0.3, 0.4) is 0 Å². The second-order valence-electron chi connectivity index (χ2n) is 5.06. The van der Waals surface area contributed by atoms with Crippen LogP contribution in [0.1, 0.15) is 12.0 Å². The lowest BCUT2D eigenvalue weighted by atomic mass is 9.88. The third kappa shape index (κ3) is 3.40. The van der Waals surface area contributed by atoms with Crippen molar-refractivity contribution in [3.05, 3.63) is 35.9 Å². The van der Waals surface area contributed by atoms with Crippen LogP contribution in [0.4, 0.5) is 0 Å². The van der Waals surface area contributed by atoms with Gasteiger partial charge in [-0.05, 0) is 5.56 Å². The van der Waals surface area contributed by atoms with E-state index in [4.69, 9.17) is 20.0 Å². The zero-order valence-corrected chi connectivity index (χ0v) is 12.2. The summed E-state index contributed by atoms with van der Waals surface area (Å²) in [4.78, 5) is 17.6. The lowest BCUT2D eigenvalue weighted by Crippen LogP contribution is -2.44. The van der Waals surface area contributed by atoms with Crippen LogP contribution in [0.25, 0.3) is 0 Å². The third-order valence-electron chi connectivity index (χ3n) is 3.47. The fourth-order valence-electron chi connectivity index (χ4n) is 2.37. The first-order chi connectivity index (χ1) is 10.1. The van der Waals surface area contributed by atoms with E-state index >= 15 is 0 Å². The summed E-state index contributed by atoms with van der Waals surface area (Å²) in [6, 6.07) is 9.21. The molecule has 21 heavy (non-hydrogen) atoms. The number of carbonyl (C=O) groups excluding carboxylic acids is 1. The zero-order valence-electron chi connectivity index (χ0n) is 12.2. The van der Waals surface area contributed by atoms with Crippen LogP contribution in [0.15, 0.2) is 35.5 Å². The van der Waals surface area contributed by atoms with Gasteiger partial charge in [0.1, 0.15) is 0 Å². The van der Waals surface area contributed by atoms with Gasteiger partial charge in [0.15, 0.2) is 0 Å². The summed E-state index contributed by atoms with van der Waals surface area (Å²) < 4.78 is 9.90. The van der Waals surface area contributed by atoms with Gasteiger partial charge in [-0.2, -0.15) is 0 Å². The molecular weight excluding hydrogens is 272 g/mol. The highest BCUT2D eigenvalue weighted by atomic mass is 16.7. The lowest BCUT2D eigenvalue weighted by Gasteiger charge is -2.24. The maximum atomic E-state index is 12.2. The Morgan fingerprint density at radius 2 is 2.14 bits per heavy atom. The molecule has 0 amide bonds. The zero-order chi connectivity index (χ0) is 15.3. The number of hydrogen-bond donors (Lipinski definition) is 1. The van der Waals surface area contributed by atoms with E-state index in [1.165, 1.54) is 7.11 Å². The summed E-state index contributed by atoms with van der Waals surface area (Å²) in [5, 5.41) is 3.98. The topological polar surface area (TPSA) is 83.1 Å². The van der Waals surface area contributed by atoms with Crippen molar-refractivity contribution in [1.29, 1.82) is 0 Å². The number of hydrogen-bond acceptors (Lipinski definition) is 6. The Labute approximate surface area is 123 Å². The van der Waals surface area contributed by atoms with Gasteiger partial charge in [0, 0.05) is 20.0 Å². The molecule has 0 aromatic heterocycles. The molecule has 0 fully saturated rings. The van der Waals surface area contributed by atoms with Gasteiger partial charge in [0.2, 0.25) is 5.60 Å². The van der Waals surface area contributed by atoms with Gasteiger partial charge < -0.3 is 20.0 Å². The van der Waals surface area contributed by atoms with Gasteiger partial charge in [-0.25, -0.2) is 4.79 Å². The molecule has 0 radical (unpaired) electrons. The van der Waals surface area contributed by atoms with Crippen LogP contribution in [0.2, 0.25) is 0 Å². The Morgan fingerprint density at radius 1 is 1.43 bits per heavy atom. The van der Waals surface area contributed by atoms with E-state index in [2.05, 4.69) is 5.16 Å². The Bertz CT molecular complexity index is 518. The van der Waals surface area contributed by atoms with Crippen molar-refractivity contribution in [2.75, 3.05) is 20.8 Å². The van der Waals surface area contributed by atoms with Gasteiger partial charge in [-0.1, -0.05) is 35.5 Å². The van der Waals surface area contributed by atoms with Crippen molar-refractivity contribution in [1.82, 2.24) is 0 Å². The molecule has 1 heterocycles. The molecular formula is C15H20N2O4. The third-order valence-corrected chi connectivity index (χ3v) is 3.47. The van der Waals surface area contributed by atoms with Crippen LogP contribution in [0.5, 0.6) is 0 Å². The Kier molecular flexibility index (Phi) is 4.93. The summed E-state index contributed by atoms with van der Waals surface area (Å²) in [6.07, 6.45) is 0.687. The van der Waals surface area contributed by atoms with E-state index in [0.29, 0.717) is 25.2 Å². The van der Waals surface area contributed by atoms with Gasteiger partial charge in [-0.15, -0.1) is 0 Å². The lowest BCUT2D eigenvalue weighted by molar-refractivity contribution is -0.166. The molecule has 0 saturated carbocycles. The minimum atomic E-state index is -1.14. The standard InChI is InChI=1S/C15H20N2O4/c1-19-10-12(16)13-9-15(21-17-13,14(18)20-2)8-11-6-4-3-5-7-11/h3-7,12H,8-10,16H2,1-2H3. The minimum Gasteiger partial charge on any atom is -0.466 e. The number of rotatable bonds is 6. The first-order valence-corrected chi connectivity index (χ1v) is 6.73. The van der Waals surface area contributed by atoms with E-state index in [1.54, 1.807) is 7.11 Å². The molecule has 2 N–H and O–H groups in total. The summed E-state index contributed by atoms with van der Waals surface area (Å²) in [5.74, 6) is -0.449. The predicted molar refractivity (Wildman–Crippen MR) is 77.9 cm³/mol. The number of benzene rings is 1. The summed E-state index contributed by atoms with van der Waals surface area (Å²) >= 11 is 0. The van der Waals surface area contributed by atoms with Crippen LogP contribution < -0.4 is 5.73 Å². The highest BCUT2D eigenvalue weighted by Gasteiger charge is 2.48. The second-order valence-corrected chi connectivity index (χ2v) is 5.06. The van der Waals surface area contributed by atoms with Crippen LogP contribution >= 0.6 is 0 Å².